The van der Waals surface area contributed by atoms with Gasteiger partial charge >= 0.3 is 11.9 Å². The molecule has 11 nitrogen and oxygen atoms in total. The standard InChI is InChI=1S/C14H13F3N6O5S/c15-14(16,17)8-3-1-4-9(7-8)23-12(22-27-13(23)24)10-11(21-28-20-10)18-5-2-6-19-29(25)26/h1,3-4,7,19H,2,5-6H2,(H,18,21)(H,25,26). The number of nitrogens with one attached hydrogen (secondary N) is 2. The number of anilines is 1. The second kappa shape index (κ2) is 8.54. The normalized spacial score (nSPS) is 12.8. The lowest BCUT2D eigenvalue weighted by molar-refractivity contribution is -0.137. The quantitative estimate of drug-likeness (QED) is 0.353. The van der Waals surface area contributed by atoms with Gasteiger partial charge in [0.25, 0.3) is 0 Å². The lowest BCUT2D eigenvalue weighted by Gasteiger charge is -2.09. The molecule has 0 bridgehead atoms. The fourth-order valence-corrected chi connectivity index (χ4v) is 2.67. The number of hydrogen-bond acceptors (Lipinski definition) is 8. The van der Waals surface area contributed by atoms with E-state index < -0.39 is 28.8 Å². The summed E-state index contributed by atoms with van der Waals surface area (Å²) in [6, 6.07) is 4.04. The van der Waals surface area contributed by atoms with Gasteiger partial charge in [-0.15, -0.1) is 0 Å². The highest BCUT2D eigenvalue weighted by Gasteiger charge is 2.31. The monoisotopic (exact) mass is 434 g/mol. The van der Waals surface area contributed by atoms with Gasteiger partial charge in [-0.05, 0) is 34.9 Å². The fourth-order valence-electron chi connectivity index (χ4n) is 2.35. The van der Waals surface area contributed by atoms with E-state index in [0.717, 1.165) is 22.8 Å². The van der Waals surface area contributed by atoms with Gasteiger partial charge in [-0.1, -0.05) is 11.2 Å². The van der Waals surface area contributed by atoms with Crippen LogP contribution in [0.25, 0.3) is 17.2 Å². The third kappa shape index (κ3) is 4.87. The first-order chi connectivity index (χ1) is 13.8. The van der Waals surface area contributed by atoms with Crippen molar-refractivity contribution in [3.63, 3.8) is 0 Å². The minimum absolute atomic E-state index is 0.0594. The maximum atomic E-state index is 13.0. The van der Waals surface area contributed by atoms with Crippen molar-refractivity contribution in [1.29, 1.82) is 0 Å². The minimum atomic E-state index is -4.61. The van der Waals surface area contributed by atoms with Crippen LogP contribution in [0.4, 0.5) is 19.0 Å². The summed E-state index contributed by atoms with van der Waals surface area (Å²) in [6.45, 7) is 0.493. The highest BCUT2D eigenvalue weighted by Crippen LogP contribution is 2.31. The van der Waals surface area contributed by atoms with Crippen molar-refractivity contribution >= 4 is 17.1 Å². The summed E-state index contributed by atoms with van der Waals surface area (Å²) in [5.74, 6) is -1.18. The molecule has 0 spiro atoms. The number of nitrogens with zero attached hydrogens (tertiary/aromatic N) is 4. The predicted octanol–water partition coefficient (Wildman–Crippen LogP) is 1.42. The molecule has 3 aromatic rings. The largest absolute Gasteiger partial charge is 0.446 e. The predicted molar refractivity (Wildman–Crippen MR) is 92.3 cm³/mol. The van der Waals surface area contributed by atoms with Crippen LogP contribution in [0.2, 0.25) is 0 Å². The number of hydrogen-bond donors (Lipinski definition) is 3. The summed E-state index contributed by atoms with van der Waals surface area (Å²) in [6.07, 6.45) is -4.19. The summed E-state index contributed by atoms with van der Waals surface area (Å²) in [4.78, 5) is 12.1. The summed E-state index contributed by atoms with van der Waals surface area (Å²) < 4.78 is 70.4. The molecule has 2 heterocycles. The molecule has 3 rings (SSSR count). The number of rotatable bonds is 8. The number of alkyl halides is 3. The van der Waals surface area contributed by atoms with E-state index in [0.29, 0.717) is 6.42 Å². The van der Waals surface area contributed by atoms with Gasteiger partial charge in [0.05, 0.1) is 11.3 Å². The van der Waals surface area contributed by atoms with E-state index in [1.165, 1.54) is 6.07 Å². The molecule has 0 saturated carbocycles. The molecule has 0 saturated heterocycles. The number of aromatic nitrogens is 4. The van der Waals surface area contributed by atoms with E-state index in [9.17, 15) is 22.2 Å². The van der Waals surface area contributed by atoms with Crippen LogP contribution in [0.3, 0.4) is 0 Å². The second-order valence-corrected chi connectivity index (χ2v) is 6.33. The van der Waals surface area contributed by atoms with Crippen molar-refractivity contribution in [2.75, 3.05) is 18.4 Å². The van der Waals surface area contributed by atoms with Gasteiger partial charge in [0.2, 0.25) is 22.9 Å². The molecule has 0 aliphatic carbocycles. The van der Waals surface area contributed by atoms with Gasteiger partial charge in [-0.25, -0.2) is 22.9 Å². The van der Waals surface area contributed by atoms with Crippen molar-refractivity contribution in [1.82, 2.24) is 24.8 Å². The Kier molecular flexibility index (Phi) is 6.09. The molecular formula is C14H13F3N6O5S. The Morgan fingerprint density at radius 1 is 1.21 bits per heavy atom. The fraction of sp³-hybridized carbons (Fsp3) is 0.286. The third-order valence-corrected chi connectivity index (χ3v) is 4.06. The van der Waals surface area contributed by atoms with Crippen LogP contribution in [0.15, 0.2) is 38.2 Å². The van der Waals surface area contributed by atoms with Crippen LogP contribution >= 0.6 is 0 Å². The van der Waals surface area contributed by atoms with E-state index in [2.05, 4.69) is 34.7 Å². The van der Waals surface area contributed by atoms with Crippen LogP contribution < -0.4 is 15.8 Å². The zero-order valence-electron chi connectivity index (χ0n) is 14.3. The van der Waals surface area contributed by atoms with E-state index in [1.54, 1.807) is 0 Å². The Hall–Kier alpha value is -3.04. The average Bonchev–Trinajstić information content (AvgIpc) is 3.26. The first-order valence-electron chi connectivity index (χ1n) is 7.95. The van der Waals surface area contributed by atoms with Gasteiger partial charge in [-0.3, -0.25) is 9.08 Å². The van der Waals surface area contributed by atoms with E-state index in [4.69, 9.17) is 4.55 Å². The summed E-state index contributed by atoms with van der Waals surface area (Å²) in [7, 11) is 0. The van der Waals surface area contributed by atoms with Gasteiger partial charge < -0.3 is 5.32 Å². The Balaban J connectivity index is 1.87. The molecule has 2 aromatic heterocycles. The molecule has 0 aliphatic heterocycles. The van der Waals surface area contributed by atoms with Gasteiger partial charge in [-0.2, -0.15) is 13.2 Å². The van der Waals surface area contributed by atoms with E-state index in [1.807, 2.05) is 0 Å². The summed E-state index contributed by atoms with van der Waals surface area (Å²) in [5.41, 5.74) is -1.16. The molecule has 1 aromatic carbocycles. The van der Waals surface area contributed by atoms with Crippen molar-refractivity contribution in [2.45, 2.75) is 12.6 Å². The second-order valence-electron chi connectivity index (χ2n) is 5.54. The molecular weight excluding hydrogens is 421 g/mol. The maximum Gasteiger partial charge on any atom is 0.446 e. The Morgan fingerprint density at radius 3 is 2.72 bits per heavy atom. The molecule has 15 heteroatoms. The van der Waals surface area contributed by atoms with Gasteiger partial charge in [0.15, 0.2) is 5.69 Å². The van der Waals surface area contributed by atoms with E-state index in [-0.39, 0.29) is 36.1 Å². The van der Waals surface area contributed by atoms with Crippen molar-refractivity contribution < 1.29 is 31.1 Å². The number of halogens is 3. The molecule has 29 heavy (non-hydrogen) atoms. The highest BCUT2D eigenvalue weighted by atomic mass is 32.2. The van der Waals surface area contributed by atoms with Crippen LogP contribution in [-0.4, -0.2) is 41.9 Å². The highest BCUT2D eigenvalue weighted by molar-refractivity contribution is 7.77. The summed E-state index contributed by atoms with van der Waals surface area (Å²) in [5, 5.41) is 13.6. The third-order valence-electron chi connectivity index (χ3n) is 3.61. The number of benzene rings is 1. The minimum Gasteiger partial charge on any atom is -0.365 e. The molecule has 0 radical (unpaired) electrons. The lowest BCUT2D eigenvalue weighted by atomic mass is 10.2. The molecule has 1 unspecified atom stereocenters. The van der Waals surface area contributed by atoms with Crippen molar-refractivity contribution in [3.8, 4) is 17.2 Å². The van der Waals surface area contributed by atoms with Gasteiger partial charge in [0.1, 0.15) is 0 Å². The Morgan fingerprint density at radius 2 is 2.00 bits per heavy atom. The molecule has 0 amide bonds. The molecule has 1 atom stereocenters. The average molecular weight is 434 g/mol. The van der Waals surface area contributed by atoms with Crippen molar-refractivity contribution in [3.05, 3.63) is 40.4 Å². The molecule has 3 N–H and O–H groups in total. The van der Waals surface area contributed by atoms with Crippen LogP contribution in [0.5, 0.6) is 0 Å². The first-order valence-corrected chi connectivity index (χ1v) is 9.05. The van der Waals surface area contributed by atoms with Crippen LogP contribution in [0, 0.1) is 0 Å². The van der Waals surface area contributed by atoms with Crippen molar-refractivity contribution in [2.24, 2.45) is 0 Å². The Labute approximate surface area is 162 Å². The van der Waals surface area contributed by atoms with E-state index >= 15 is 0 Å². The molecule has 156 valence electrons. The maximum absolute atomic E-state index is 13.0. The van der Waals surface area contributed by atoms with Gasteiger partial charge in [0, 0.05) is 13.1 Å². The Bertz CT molecular complexity index is 1060. The lowest BCUT2D eigenvalue weighted by Crippen LogP contribution is -2.20. The van der Waals surface area contributed by atoms with Crippen LogP contribution in [-0.2, 0) is 17.4 Å². The summed E-state index contributed by atoms with van der Waals surface area (Å²) >= 11 is -2.13. The zero-order valence-corrected chi connectivity index (χ0v) is 15.2. The topological polar surface area (TPSA) is 148 Å². The molecule has 0 aliphatic rings. The SMILES string of the molecule is O=c1onc(-c2nonc2NCCCNS(=O)O)n1-c1cccc(C(F)(F)F)c1. The first kappa shape index (κ1) is 20.7. The smallest absolute Gasteiger partial charge is 0.365 e. The van der Waals surface area contributed by atoms with Crippen LogP contribution in [0.1, 0.15) is 12.0 Å². The molecule has 0 fully saturated rings. The zero-order chi connectivity index (χ0) is 21.0.